The van der Waals surface area contributed by atoms with Crippen molar-refractivity contribution in [3.8, 4) is 0 Å². The lowest BCUT2D eigenvalue weighted by atomic mass is 10.2. The number of amides is 1. The van der Waals surface area contributed by atoms with Gasteiger partial charge in [0, 0.05) is 0 Å². The minimum Gasteiger partial charge on any atom is -0.465 e. The normalized spacial score (nSPS) is 10.7. The van der Waals surface area contributed by atoms with E-state index in [4.69, 9.17) is 12.2 Å². The third-order valence-corrected chi connectivity index (χ3v) is 3.91. The zero-order valence-corrected chi connectivity index (χ0v) is 14.7. The van der Waals surface area contributed by atoms with Gasteiger partial charge in [0.25, 0.3) is 11.3 Å². The Morgan fingerprint density at radius 1 is 1.31 bits per heavy atom. The topological polar surface area (TPSA) is 123 Å². The highest BCUT2D eigenvalue weighted by Gasteiger charge is 2.15. The molecule has 2 aromatic heterocycles. The maximum Gasteiger partial charge on any atom is 0.339 e. The molecular weight excluding hydrogens is 360 g/mol. The van der Waals surface area contributed by atoms with Gasteiger partial charge in [-0.15, -0.1) is 5.10 Å². The number of rotatable bonds is 4. The molecule has 0 aliphatic carbocycles. The molecule has 134 valence electrons. The molecule has 1 amide bonds. The van der Waals surface area contributed by atoms with Gasteiger partial charge >= 0.3 is 5.97 Å². The van der Waals surface area contributed by atoms with E-state index in [-0.39, 0.29) is 33.9 Å². The molecule has 11 heteroatoms. The van der Waals surface area contributed by atoms with Gasteiger partial charge in [-0.05, 0) is 31.3 Å². The van der Waals surface area contributed by atoms with Crippen LogP contribution in [-0.2, 0) is 16.1 Å². The number of hydrogen-bond acceptors (Lipinski definition) is 7. The fourth-order valence-corrected chi connectivity index (χ4v) is 2.50. The Labute approximate surface area is 151 Å². The number of benzene rings is 1. The molecule has 10 nitrogen and oxygen atoms in total. The van der Waals surface area contributed by atoms with Crippen molar-refractivity contribution in [3.05, 3.63) is 50.6 Å². The Balaban J connectivity index is 1.87. The average Bonchev–Trinajstić information content (AvgIpc) is 2.90. The molecule has 0 saturated heterocycles. The summed E-state index contributed by atoms with van der Waals surface area (Å²) in [7, 11) is 1.26. The van der Waals surface area contributed by atoms with Crippen LogP contribution in [0, 0.1) is 11.7 Å². The van der Waals surface area contributed by atoms with Crippen LogP contribution in [0.1, 0.15) is 16.1 Å². The first-order chi connectivity index (χ1) is 12.4. The molecule has 0 unspecified atom stereocenters. The number of esters is 1. The summed E-state index contributed by atoms with van der Waals surface area (Å²) in [5.41, 5.74) is 0.372. The number of ether oxygens (including phenoxy) is 1. The number of hydrogen-bond donors (Lipinski definition) is 2. The molecule has 0 aliphatic rings. The lowest BCUT2D eigenvalue weighted by Crippen LogP contribution is -2.21. The summed E-state index contributed by atoms with van der Waals surface area (Å²) >= 11 is 5.22. The van der Waals surface area contributed by atoms with Crippen LogP contribution in [0.25, 0.3) is 5.78 Å². The molecule has 26 heavy (non-hydrogen) atoms. The van der Waals surface area contributed by atoms with E-state index in [2.05, 4.69) is 25.2 Å². The molecule has 1 aromatic carbocycles. The molecule has 0 atom stereocenters. The Morgan fingerprint density at radius 2 is 2.04 bits per heavy atom. The van der Waals surface area contributed by atoms with Gasteiger partial charge < -0.3 is 10.1 Å². The maximum atomic E-state index is 12.3. The molecular formula is C15H14N6O4S. The van der Waals surface area contributed by atoms with Crippen molar-refractivity contribution in [3.63, 3.8) is 0 Å². The van der Waals surface area contributed by atoms with Gasteiger partial charge in [-0.1, -0.05) is 12.1 Å². The number of carbonyl (C=O) groups excluding carboxylic acids is 2. The minimum absolute atomic E-state index is 0.133. The number of para-hydroxylation sites is 1. The Hall–Kier alpha value is -3.34. The van der Waals surface area contributed by atoms with Crippen molar-refractivity contribution >= 4 is 35.6 Å². The summed E-state index contributed by atoms with van der Waals surface area (Å²) in [6, 6.07) is 6.45. The third kappa shape index (κ3) is 3.24. The quantitative estimate of drug-likeness (QED) is 0.508. The standard InChI is InChI=1S/C15H14N6O4S/c1-8-12(23)17-14-19-20(15(26)21(14)18-8)7-11(22)16-10-6-4-3-5-9(10)13(24)25-2/h3-6H,7H2,1-2H3,(H,16,22)(H,17,19,23). The second kappa shape index (κ2) is 6.88. The third-order valence-electron chi connectivity index (χ3n) is 3.52. The van der Waals surface area contributed by atoms with E-state index < -0.39 is 11.9 Å². The first-order valence-electron chi connectivity index (χ1n) is 7.44. The highest BCUT2D eigenvalue weighted by atomic mass is 32.1. The number of H-pyrrole nitrogens is 1. The first kappa shape index (κ1) is 17.5. The molecule has 3 rings (SSSR count). The van der Waals surface area contributed by atoms with Gasteiger partial charge in [-0.3, -0.25) is 14.6 Å². The van der Waals surface area contributed by atoms with Gasteiger partial charge in [0.15, 0.2) is 0 Å². The molecule has 2 heterocycles. The van der Waals surface area contributed by atoms with E-state index in [0.717, 1.165) is 0 Å². The molecule has 0 spiro atoms. The van der Waals surface area contributed by atoms with E-state index in [1.165, 1.54) is 29.3 Å². The molecule has 0 bridgehead atoms. The average molecular weight is 374 g/mol. The van der Waals surface area contributed by atoms with E-state index >= 15 is 0 Å². The van der Waals surface area contributed by atoms with E-state index in [1.807, 2.05) is 0 Å². The number of aryl methyl sites for hydroxylation is 1. The minimum atomic E-state index is -0.567. The van der Waals surface area contributed by atoms with Crippen LogP contribution in [-0.4, -0.2) is 43.4 Å². The van der Waals surface area contributed by atoms with E-state index in [9.17, 15) is 14.4 Å². The summed E-state index contributed by atoms with van der Waals surface area (Å²) in [4.78, 5) is 38.2. The zero-order chi connectivity index (χ0) is 18.8. The molecule has 0 fully saturated rings. The van der Waals surface area contributed by atoms with Crippen LogP contribution in [0.2, 0.25) is 0 Å². The fourth-order valence-electron chi connectivity index (χ4n) is 2.26. The smallest absolute Gasteiger partial charge is 0.339 e. The van der Waals surface area contributed by atoms with Gasteiger partial charge in [0.05, 0.1) is 18.4 Å². The van der Waals surface area contributed by atoms with Gasteiger partial charge in [-0.25, -0.2) is 9.48 Å². The van der Waals surface area contributed by atoms with Crippen molar-refractivity contribution < 1.29 is 14.3 Å². The number of methoxy groups -OCH3 is 1. The largest absolute Gasteiger partial charge is 0.465 e. The zero-order valence-electron chi connectivity index (χ0n) is 13.8. The van der Waals surface area contributed by atoms with Crippen molar-refractivity contribution in [2.75, 3.05) is 12.4 Å². The predicted octanol–water partition coefficient (Wildman–Crippen LogP) is 0.682. The van der Waals surface area contributed by atoms with E-state index in [1.54, 1.807) is 18.2 Å². The summed E-state index contributed by atoms with van der Waals surface area (Å²) < 4.78 is 7.33. The second-order valence-corrected chi connectivity index (χ2v) is 5.67. The van der Waals surface area contributed by atoms with Crippen molar-refractivity contribution in [1.29, 1.82) is 0 Å². The lowest BCUT2D eigenvalue weighted by Gasteiger charge is -2.09. The van der Waals surface area contributed by atoms with Crippen LogP contribution in [0.5, 0.6) is 0 Å². The first-order valence-corrected chi connectivity index (χ1v) is 7.85. The number of anilines is 1. The van der Waals surface area contributed by atoms with Crippen LogP contribution in [0.4, 0.5) is 5.69 Å². The lowest BCUT2D eigenvalue weighted by molar-refractivity contribution is -0.116. The highest BCUT2D eigenvalue weighted by Crippen LogP contribution is 2.16. The number of nitrogens with zero attached hydrogens (tertiary/aromatic N) is 4. The van der Waals surface area contributed by atoms with Crippen LogP contribution in [0.3, 0.4) is 0 Å². The van der Waals surface area contributed by atoms with Crippen molar-refractivity contribution in [2.24, 2.45) is 0 Å². The number of nitrogens with one attached hydrogen (secondary N) is 2. The number of fused-ring (bicyclic) bond motifs is 1. The molecule has 0 saturated carbocycles. The number of aromatic amines is 1. The van der Waals surface area contributed by atoms with Crippen LogP contribution >= 0.6 is 12.2 Å². The van der Waals surface area contributed by atoms with Crippen molar-refractivity contribution in [1.82, 2.24) is 24.4 Å². The molecule has 3 aromatic rings. The predicted molar refractivity (Wildman–Crippen MR) is 93.6 cm³/mol. The van der Waals surface area contributed by atoms with Crippen molar-refractivity contribution in [2.45, 2.75) is 13.5 Å². The number of aromatic nitrogens is 5. The van der Waals surface area contributed by atoms with Crippen LogP contribution in [0.15, 0.2) is 29.1 Å². The van der Waals surface area contributed by atoms with Crippen LogP contribution < -0.4 is 10.9 Å². The fraction of sp³-hybridized carbons (Fsp3) is 0.200. The second-order valence-electron chi connectivity index (χ2n) is 5.30. The Bertz CT molecular complexity index is 1130. The Kier molecular flexibility index (Phi) is 4.63. The molecule has 2 N–H and O–H groups in total. The number of carbonyl (C=O) groups is 2. The van der Waals surface area contributed by atoms with E-state index in [0.29, 0.717) is 5.69 Å². The van der Waals surface area contributed by atoms with Gasteiger partial charge in [-0.2, -0.15) is 9.61 Å². The van der Waals surface area contributed by atoms with Gasteiger partial charge in [0.2, 0.25) is 10.7 Å². The highest BCUT2D eigenvalue weighted by molar-refractivity contribution is 7.71. The molecule has 0 radical (unpaired) electrons. The Morgan fingerprint density at radius 3 is 2.77 bits per heavy atom. The summed E-state index contributed by atoms with van der Waals surface area (Å²) in [6.07, 6.45) is 0. The monoisotopic (exact) mass is 374 g/mol. The SMILES string of the molecule is COC(=O)c1ccccc1NC(=O)Cn1nc2[nH]c(=O)c(C)nn2c1=S. The summed E-state index contributed by atoms with van der Waals surface area (Å²) in [5, 5.41) is 10.7. The molecule has 0 aliphatic heterocycles. The summed E-state index contributed by atoms with van der Waals surface area (Å²) in [5.74, 6) is -0.893. The van der Waals surface area contributed by atoms with Gasteiger partial charge in [0.1, 0.15) is 12.2 Å². The maximum absolute atomic E-state index is 12.3. The summed E-state index contributed by atoms with van der Waals surface area (Å²) in [6.45, 7) is 1.31.